The van der Waals surface area contributed by atoms with Crippen LogP contribution in [-0.2, 0) is 9.59 Å². The third-order valence-electron chi connectivity index (χ3n) is 3.11. The Morgan fingerprint density at radius 3 is 2.30 bits per heavy atom. The number of thioether (sulfide) groups is 1. The minimum absolute atomic E-state index is 0.0279. The van der Waals surface area contributed by atoms with E-state index >= 15 is 0 Å². The van der Waals surface area contributed by atoms with E-state index in [0.29, 0.717) is 11.6 Å². The SMILES string of the molecule is Cc1cc(C)nc(SCC(=O)NC(CCC(C)(C)C)C(=O)O)n1. The molecule has 23 heavy (non-hydrogen) atoms. The Hall–Kier alpha value is -1.63. The smallest absolute Gasteiger partial charge is 0.326 e. The molecule has 0 aliphatic carbocycles. The van der Waals surface area contributed by atoms with Crippen molar-refractivity contribution in [3.63, 3.8) is 0 Å². The fraction of sp³-hybridized carbons (Fsp3) is 0.625. The number of amides is 1. The van der Waals surface area contributed by atoms with E-state index in [0.717, 1.165) is 17.8 Å². The van der Waals surface area contributed by atoms with Crippen LogP contribution in [0, 0.1) is 19.3 Å². The van der Waals surface area contributed by atoms with Gasteiger partial charge in [-0.3, -0.25) is 4.79 Å². The van der Waals surface area contributed by atoms with Gasteiger partial charge < -0.3 is 10.4 Å². The van der Waals surface area contributed by atoms with E-state index in [2.05, 4.69) is 15.3 Å². The highest BCUT2D eigenvalue weighted by atomic mass is 32.2. The number of rotatable bonds is 7. The lowest BCUT2D eigenvalue weighted by Gasteiger charge is -2.21. The Morgan fingerprint density at radius 2 is 1.83 bits per heavy atom. The van der Waals surface area contributed by atoms with Crippen LogP contribution in [0.5, 0.6) is 0 Å². The van der Waals surface area contributed by atoms with Gasteiger partial charge in [0.05, 0.1) is 5.75 Å². The van der Waals surface area contributed by atoms with Gasteiger partial charge in [0.15, 0.2) is 5.16 Å². The molecule has 1 atom stereocenters. The van der Waals surface area contributed by atoms with Crippen molar-refractivity contribution in [2.75, 3.05) is 5.75 Å². The number of nitrogens with zero attached hydrogens (tertiary/aromatic N) is 2. The second-order valence-corrected chi connectivity index (χ2v) is 7.72. The molecule has 1 rings (SSSR count). The lowest BCUT2D eigenvalue weighted by molar-refractivity contribution is -0.141. The number of carbonyl (C=O) groups excluding carboxylic acids is 1. The monoisotopic (exact) mass is 339 g/mol. The number of aliphatic carboxylic acids is 1. The number of hydrogen-bond acceptors (Lipinski definition) is 5. The predicted molar refractivity (Wildman–Crippen MR) is 90.5 cm³/mol. The van der Waals surface area contributed by atoms with Gasteiger partial charge in [-0.1, -0.05) is 32.5 Å². The number of aromatic nitrogens is 2. The molecule has 1 amide bonds. The standard InChI is InChI=1S/C16H25N3O3S/c1-10-8-11(2)18-15(17-10)23-9-13(20)19-12(14(21)22)6-7-16(3,4)5/h8,12H,6-7,9H2,1-5H3,(H,19,20)(H,21,22). The number of nitrogens with one attached hydrogen (secondary N) is 1. The molecule has 128 valence electrons. The van der Waals surface area contributed by atoms with Crippen molar-refractivity contribution >= 4 is 23.6 Å². The van der Waals surface area contributed by atoms with Gasteiger partial charge in [0.1, 0.15) is 6.04 Å². The van der Waals surface area contributed by atoms with Crippen LogP contribution < -0.4 is 5.32 Å². The second kappa shape index (κ2) is 8.29. The van der Waals surface area contributed by atoms with Crippen molar-refractivity contribution in [1.82, 2.24) is 15.3 Å². The molecular weight excluding hydrogens is 314 g/mol. The van der Waals surface area contributed by atoms with Crippen LogP contribution in [0.4, 0.5) is 0 Å². The molecule has 1 heterocycles. The van der Waals surface area contributed by atoms with Crippen molar-refractivity contribution in [2.24, 2.45) is 5.41 Å². The van der Waals surface area contributed by atoms with E-state index in [1.165, 1.54) is 11.8 Å². The van der Waals surface area contributed by atoms with E-state index in [1.807, 2.05) is 40.7 Å². The zero-order valence-electron chi connectivity index (χ0n) is 14.3. The minimum atomic E-state index is -1.00. The summed E-state index contributed by atoms with van der Waals surface area (Å²) in [5.74, 6) is -1.23. The molecule has 1 unspecified atom stereocenters. The quantitative estimate of drug-likeness (QED) is 0.586. The van der Waals surface area contributed by atoms with Gasteiger partial charge in [0.25, 0.3) is 0 Å². The summed E-state index contributed by atoms with van der Waals surface area (Å²) in [6.07, 6.45) is 1.13. The van der Waals surface area contributed by atoms with Gasteiger partial charge >= 0.3 is 5.97 Å². The summed E-state index contributed by atoms with van der Waals surface area (Å²) in [6.45, 7) is 9.86. The van der Waals surface area contributed by atoms with Crippen molar-refractivity contribution in [3.8, 4) is 0 Å². The molecule has 1 aromatic heterocycles. The maximum atomic E-state index is 12.0. The number of aryl methyl sites for hydroxylation is 2. The zero-order valence-corrected chi connectivity index (χ0v) is 15.2. The largest absolute Gasteiger partial charge is 0.480 e. The van der Waals surface area contributed by atoms with Crippen LogP contribution in [0.2, 0.25) is 0 Å². The van der Waals surface area contributed by atoms with Gasteiger partial charge in [-0.25, -0.2) is 14.8 Å². The first kappa shape index (κ1) is 19.4. The summed E-state index contributed by atoms with van der Waals surface area (Å²) >= 11 is 1.21. The Bertz CT molecular complexity index is 550. The zero-order chi connectivity index (χ0) is 17.6. The van der Waals surface area contributed by atoms with E-state index in [-0.39, 0.29) is 17.1 Å². The molecule has 1 aromatic rings. The Labute approximate surface area is 141 Å². The molecule has 6 nitrogen and oxygen atoms in total. The second-order valence-electron chi connectivity index (χ2n) is 6.78. The fourth-order valence-electron chi connectivity index (χ4n) is 1.96. The van der Waals surface area contributed by atoms with Crippen molar-refractivity contribution in [2.45, 2.75) is 58.7 Å². The lowest BCUT2D eigenvalue weighted by atomic mass is 9.88. The Morgan fingerprint density at radius 1 is 1.26 bits per heavy atom. The fourth-order valence-corrected chi connectivity index (χ4v) is 2.72. The van der Waals surface area contributed by atoms with Crippen LogP contribution in [0.25, 0.3) is 0 Å². The summed E-state index contributed by atoms with van der Waals surface area (Å²) in [5, 5.41) is 12.3. The maximum Gasteiger partial charge on any atom is 0.326 e. The molecule has 0 radical (unpaired) electrons. The maximum absolute atomic E-state index is 12.0. The first-order chi connectivity index (χ1) is 10.6. The van der Waals surface area contributed by atoms with Gasteiger partial charge in [0.2, 0.25) is 5.91 Å². The van der Waals surface area contributed by atoms with E-state index in [4.69, 9.17) is 0 Å². The van der Waals surface area contributed by atoms with Gasteiger partial charge in [-0.2, -0.15) is 0 Å². The number of hydrogen-bond donors (Lipinski definition) is 2. The number of carbonyl (C=O) groups is 2. The molecule has 0 aromatic carbocycles. The lowest BCUT2D eigenvalue weighted by Crippen LogP contribution is -2.42. The van der Waals surface area contributed by atoms with Gasteiger partial charge in [-0.15, -0.1) is 0 Å². The minimum Gasteiger partial charge on any atom is -0.480 e. The molecule has 0 fully saturated rings. The van der Waals surface area contributed by atoms with Crippen molar-refractivity contribution in [3.05, 3.63) is 17.5 Å². The first-order valence-corrected chi connectivity index (χ1v) is 8.52. The molecule has 7 heteroatoms. The van der Waals surface area contributed by atoms with Crippen LogP contribution in [0.1, 0.15) is 45.0 Å². The summed E-state index contributed by atoms with van der Waals surface area (Å²) in [7, 11) is 0. The molecule has 0 aliphatic rings. The van der Waals surface area contributed by atoms with Gasteiger partial charge in [0, 0.05) is 11.4 Å². The molecule has 0 saturated heterocycles. The average Bonchev–Trinajstić information content (AvgIpc) is 2.38. The summed E-state index contributed by atoms with van der Waals surface area (Å²) in [6, 6.07) is 0.999. The molecule has 0 spiro atoms. The van der Waals surface area contributed by atoms with E-state index < -0.39 is 12.0 Å². The highest BCUT2D eigenvalue weighted by Gasteiger charge is 2.22. The third kappa shape index (κ3) is 7.97. The van der Waals surface area contributed by atoms with Gasteiger partial charge in [-0.05, 0) is 38.2 Å². The number of carboxylic acid groups (broad SMARTS) is 1. The normalized spacial score (nSPS) is 12.7. The topological polar surface area (TPSA) is 92.2 Å². The molecule has 0 saturated carbocycles. The Balaban J connectivity index is 2.54. The summed E-state index contributed by atoms with van der Waals surface area (Å²) in [5.41, 5.74) is 1.71. The van der Waals surface area contributed by atoms with Crippen LogP contribution in [0.15, 0.2) is 11.2 Å². The van der Waals surface area contributed by atoms with Crippen LogP contribution in [0.3, 0.4) is 0 Å². The highest BCUT2D eigenvalue weighted by molar-refractivity contribution is 7.99. The van der Waals surface area contributed by atoms with Crippen molar-refractivity contribution < 1.29 is 14.7 Å². The summed E-state index contributed by atoms with van der Waals surface area (Å²) in [4.78, 5) is 31.7. The van der Waals surface area contributed by atoms with Crippen LogP contribution >= 0.6 is 11.8 Å². The average molecular weight is 339 g/mol. The molecule has 2 N–H and O–H groups in total. The predicted octanol–water partition coefficient (Wildman–Crippen LogP) is 2.58. The summed E-state index contributed by atoms with van der Waals surface area (Å²) < 4.78 is 0. The van der Waals surface area contributed by atoms with Crippen molar-refractivity contribution in [1.29, 1.82) is 0 Å². The number of carboxylic acids is 1. The molecule has 0 aliphatic heterocycles. The third-order valence-corrected chi connectivity index (χ3v) is 3.96. The molecule has 0 bridgehead atoms. The van der Waals surface area contributed by atoms with E-state index in [1.54, 1.807) is 0 Å². The first-order valence-electron chi connectivity index (χ1n) is 7.54. The molecular formula is C16H25N3O3S. The van der Waals surface area contributed by atoms with E-state index in [9.17, 15) is 14.7 Å². The van der Waals surface area contributed by atoms with Crippen LogP contribution in [-0.4, -0.2) is 38.7 Å². The Kier molecular flexibility index (Phi) is 7.00. The highest BCUT2D eigenvalue weighted by Crippen LogP contribution is 2.22.